The molecule has 0 saturated carbocycles. The number of anilines is 1. The molecule has 0 aliphatic heterocycles. The lowest BCUT2D eigenvalue weighted by Crippen LogP contribution is -2.11. The van der Waals surface area contributed by atoms with Gasteiger partial charge in [-0.25, -0.2) is 0 Å². The molecule has 0 aromatic heterocycles. The van der Waals surface area contributed by atoms with Crippen LogP contribution in [0, 0.1) is 6.92 Å². The summed E-state index contributed by atoms with van der Waals surface area (Å²) in [7, 11) is -1.26. The molecule has 4 nitrogen and oxygen atoms in total. The number of nitrogen functional groups attached to an aromatic ring is 1. The third kappa shape index (κ3) is 3.62. The van der Waals surface area contributed by atoms with E-state index in [0.29, 0.717) is 26.7 Å². The summed E-state index contributed by atoms with van der Waals surface area (Å²) in [6.45, 7) is 1.88. The lowest BCUT2D eigenvalue weighted by molar-refractivity contribution is 0.100. The van der Waals surface area contributed by atoms with Crippen LogP contribution >= 0.6 is 11.6 Å². The Morgan fingerprint density at radius 1 is 1.24 bits per heavy atom. The Labute approximate surface area is 130 Å². The Morgan fingerprint density at radius 3 is 2.57 bits per heavy atom. The lowest BCUT2D eigenvalue weighted by Gasteiger charge is -2.09. The molecule has 0 saturated heterocycles. The van der Waals surface area contributed by atoms with E-state index in [1.807, 2.05) is 13.0 Å². The third-order valence-corrected chi connectivity index (χ3v) is 4.94. The number of carbonyl (C=O) groups is 1. The van der Waals surface area contributed by atoms with Gasteiger partial charge in [-0.1, -0.05) is 23.7 Å². The molecule has 4 N–H and O–H groups in total. The SMILES string of the molecule is Cc1ccc(N)cc1S(=O)Cc1ccc(C(N)=O)cc1Cl. The number of primary amides is 1. The fourth-order valence-electron chi connectivity index (χ4n) is 1.90. The van der Waals surface area contributed by atoms with Crippen molar-refractivity contribution in [2.75, 3.05) is 5.73 Å². The minimum atomic E-state index is -1.26. The van der Waals surface area contributed by atoms with E-state index in [1.165, 1.54) is 6.07 Å². The van der Waals surface area contributed by atoms with Crippen molar-refractivity contribution in [1.82, 2.24) is 0 Å². The zero-order chi connectivity index (χ0) is 15.6. The Bertz CT molecular complexity index is 732. The molecule has 0 aliphatic carbocycles. The van der Waals surface area contributed by atoms with Gasteiger partial charge in [0.1, 0.15) is 0 Å². The number of halogens is 1. The molecule has 2 aromatic rings. The Hall–Kier alpha value is -1.85. The maximum absolute atomic E-state index is 12.5. The van der Waals surface area contributed by atoms with Crippen LogP contribution in [-0.4, -0.2) is 10.1 Å². The summed E-state index contributed by atoms with van der Waals surface area (Å²) in [5.74, 6) is -0.293. The molecule has 0 radical (unpaired) electrons. The number of carbonyl (C=O) groups excluding carboxylic acids is 1. The highest BCUT2D eigenvalue weighted by molar-refractivity contribution is 7.84. The fourth-order valence-corrected chi connectivity index (χ4v) is 3.61. The first-order valence-electron chi connectivity index (χ1n) is 6.21. The topological polar surface area (TPSA) is 86.2 Å². The predicted molar refractivity (Wildman–Crippen MR) is 85.7 cm³/mol. The molecule has 2 aromatic carbocycles. The second-order valence-corrected chi connectivity index (χ2v) is 6.51. The number of benzene rings is 2. The van der Waals surface area contributed by atoms with E-state index in [0.717, 1.165) is 5.56 Å². The molecule has 1 unspecified atom stereocenters. The molecule has 0 fully saturated rings. The van der Waals surface area contributed by atoms with Gasteiger partial charge in [-0.05, 0) is 42.3 Å². The van der Waals surface area contributed by atoms with Crippen LogP contribution in [0.15, 0.2) is 41.3 Å². The molecule has 1 amide bonds. The van der Waals surface area contributed by atoms with Crippen LogP contribution in [0.2, 0.25) is 5.02 Å². The van der Waals surface area contributed by atoms with Crippen molar-refractivity contribution >= 4 is 34.0 Å². The highest BCUT2D eigenvalue weighted by atomic mass is 35.5. The van der Waals surface area contributed by atoms with Gasteiger partial charge in [0.05, 0.1) is 16.6 Å². The first-order chi connectivity index (χ1) is 9.88. The molecular weight excluding hydrogens is 308 g/mol. The molecular formula is C15H15ClN2O2S. The van der Waals surface area contributed by atoms with Crippen LogP contribution in [-0.2, 0) is 16.6 Å². The highest BCUT2D eigenvalue weighted by Crippen LogP contribution is 2.24. The maximum atomic E-state index is 12.5. The van der Waals surface area contributed by atoms with E-state index >= 15 is 0 Å². The molecule has 0 bridgehead atoms. The zero-order valence-corrected chi connectivity index (χ0v) is 13.0. The average molecular weight is 323 g/mol. The monoisotopic (exact) mass is 322 g/mol. The van der Waals surface area contributed by atoms with Crippen LogP contribution in [0.5, 0.6) is 0 Å². The van der Waals surface area contributed by atoms with Crippen molar-refractivity contribution in [3.8, 4) is 0 Å². The Morgan fingerprint density at radius 2 is 1.95 bits per heavy atom. The van der Waals surface area contributed by atoms with Crippen molar-refractivity contribution < 1.29 is 9.00 Å². The van der Waals surface area contributed by atoms with Crippen molar-refractivity contribution in [2.24, 2.45) is 5.73 Å². The number of rotatable bonds is 4. The molecule has 2 rings (SSSR count). The van der Waals surface area contributed by atoms with Crippen LogP contribution in [0.1, 0.15) is 21.5 Å². The van der Waals surface area contributed by atoms with Gasteiger partial charge in [0.15, 0.2) is 0 Å². The Kier molecular flexibility index (Phi) is 4.65. The van der Waals surface area contributed by atoms with Gasteiger partial charge in [-0.2, -0.15) is 0 Å². The smallest absolute Gasteiger partial charge is 0.248 e. The van der Waals surface area contributed by atoms with Gasteiger partial charge in [0.2, 0.25) is 5.91 Å². The van der Waals surface area contributed by atoms with Crippen molar-refractivity contribution in [1.29, 1.82) is 0 Å². The molecule has 0 heterocycles. The highest BCUT2D eigenvalue weighted by Gasteiger charge is 2.12. The summed E-state index contributed by atoms with van der Waals surface area (Å²) in [4.78, 5) is 11.8. The summed E-state index contributed by atoms with van der Waals surface area (Å²) >= 11 is 6.11. The van der Waals surface area contributed by atoms with Gasteiger partial charge >= 0.3 is 0 Å². The van der Waals surface area contributed by atoms with Gasteiger partial charge in [-0.15, -0.1) is 0 Å². The van der Waals surface area contributed by atoms with Crippen molar-refractivity contribution in [3.63, 3.8) is 0 Å². The molecule has 1 atom stereocenters. The normalized spacial score (nSPS) is 12.1. The molecule has 0 spiro atoms. The third-order valence-electron chi connectivity index (χ3n) is 3.08. The number of nitrogens with two attached hydrogens (primary N) is 2. The zero-order valence-electron chi connectivity index (χ0n) is 11.4. The quantitative estimate of drug-likeness (QED) is 0.848. The average Bonchev–Trinajstić information content (AvgIpc) is 2.43. The fraction of sp³-hybridized carbons (Fsp3) is 0.133. The second kappa shape index (κ2) is 6.28. The first kappa shape index (κ1) is 15.5. The molecule has 0 aliphatic rings. The standard InChI is InChI=1S/C15H15ClN2O2S/c1-9-2-5-12(17)7-14(9)21(20)8-11-4-3-10(15(18)19)6-13(11)16/h2-7H,8,17H2,1H3,(H2,18,19). The number of hydrogen-bond acceptors (Lipinski definition) is 3. The lowest BCUT2D eigenvalue weighted by atomic mass is 10.1. The second-order valence-electron chi connectivity index (χ2n) is 4.69. The van der Waals surface area contributed by atoms with E-state index < -0.39 is 16.7 Å². The van der Waals surface area contributed by atoms with E-state index in [1.54, 1.807) is 24.3 Å². The molecule has 6 heteroatoms. The summed E-state index contributed by atoms with van der Waals surface area (Å²) in [5.41, 5.74) is 13.4. The van der Waals surface area contributed by atoms with E-state index in [-0.39, 0.29) is 5.75 Å². The van der Waals surface area contributed by atoms with Gasteiger partial charge in [-0.3, -0.25) is 9.00 Å². The maximum Gasteiger partial charge on any atom is 0.248 e. The predicted octanol–water partition coefficient (Wildman–Crippen LogP) is 2.64. The van der Waals surface area contributed by atoms with Crippen LogP contribution in [0.3, 0.4) is 0 Å². The van der Waals surface area contributed by atoms with Crippen molar-refractivity contribution in [2.45, 2.75) is 17.6 Å². The summed E-state index contributed by atoms with van der Waals surface area (Å²) in [5, 5.41) is 0.376. The summed E-state index contributed by atoms with van der Waals surface area (Å²) in [6.07, 6.45) is 0. The van der Waals surface area contributed by atoms with E-state index in [9.17, 15) is 9.00 Å². The number of amides is 1. The van der Waals surface area contributed by atoms with E-state index in [2.05, 4.69) is 0 Å². The number of hydrogen-bond donors (Lipinski definition) is 2. The first-order valence-corrected chi connectivity index (χ1v) is 7.91. The minimum Gasteiger partial charge on any atom is -0.399 e. The Balaban J connectivity index is 2.27. The largest absolute Gasteiger partial charge is 0.399 e. The van der Waals surface area contributed by atoms with E-state index in [4.69, 9.17) is 23.1 Å². The summed E-state index contributed by atoms with van der Waals surface area (Å²) in [6, 6.07) is 10.0. The number of aryl methyl sites for hydroxylation is 1. The summed E-state index contributed by atoms with van der Waals surface area (Å²) < 4.78 is 12.5. The van der Waals surface area contributed by atoms with Gasteiger partial charge in [0.25, 0.3) is 0 Å². The van der Waals surface area contributed by atoms with Crippen LogP contribution in [0.25, 0.3) is 0 Å². The molecule has 21 heavy (non-hydrogen) atoms. The minimum absolute atomic E-state index is 0.252. The van der Waals surface area contributed by atoms with Crippen molar-refractivity contribution in [3.05, 3.63) is 58.1 Å². The van der Waals surface area contributed by atoms with Gasteiger partial charge in [0, 0.05) is 21.2 Å². The molecule has 110 valence electrons. The van der Waals surface area contributed by atoms with Crippen LogP contribution in [0.4, 0.5) is 5.69 Å². The van der Waals surface area contributed by atoms with Gasteiger partial charge < -0.3 is 11.5 Å². The van der Waals surface area contributed by atoms with Crippen LogP contribution < -0.4 is 11.5 Å².